The number of allylic oxidation sites excluding steroid dienone is 1. The second kappa shape index (κ2) is 11.5. The van der Waals surface area contributed by atoms with E-state index in [-0.39, 0.29) is 23.8 Å². The second-order valence-corrected chi connectivity index (χ2v) is 13.8. The Hall–Kier alpha value is -3.43. The molecule has 3 fully saturated rings. The van der Waals surface area contributed by atoms with Crippen molar-refractivity contribution in [1.82, 2.24) is 24.2 Å². The van der Waals surface area contributed by atoms with Crippen molar-refractivity contribution in [2.75, 3.05) is 21.2 Å². The maximum atomic E-state index is 14.9. The molecular weight excluding hydrogens is 570 g/mol. The molecule has 7 rings (SSSR count). The summed E-state index contributed by atoms with van der Waals surface area (Å²) < 4.78 is 14.0. The third-order valence-electron chi connectivity index (χ3n) is 10.6. The lowest BCUT2D eigenvalue weighted by Crippen LogP contribution is -2.41. The summed E-state index contributed by atoms with van der Waals surface area (Å²) in [6.45, 7) is 2.76. The highest BCUT2D eigenvalue weighted by Gasteiger charge is 2.64. The van der Waals surface area contributed by atoms with E-state index in [1.54, 1.807) is 14.2 Å². The Morgan fingerprint density at radius 2 is 1.89 bits per heavy atom. The number of hydrogen-bond donors (Lipinski definition) is 3. The maximum Gasteiger partial charge on any atom is 0.262 e. The van der Waals surface area contributed by atoms with Gasteiger partial charge in [-0.2, -0.15) is 0 Å². The molecular formula is C35H43N5O3S. The first kappa shape index (κ1) is 29.3. The van der Waals surface area contributed by atoms with Crippen molar-refractivity contribution in [1.29, 1.82) is 0 Å². The molecule has 2 aliphatic heterocycles. The van der Waals surface area contributed by atoms with Crippen molar-refractivity contribution < 1.29 is 14.3 Å². The van der Waals surface area contributed by atoms with Crippen LogP contribution in [-0.2, 0) is 11.3 Å². The molecule has 3 heterocycles. The quantitative estimate of drug-likeness (QED) is 0.266. The summed E-state index contributed by atoms with van der Waals surface area (Å²) in [5.74, 6) is 1.46. The number of nitrogens with zero attached hydrogens (tertiary/aromatic N) is 2. The lowest BCUT2D eigenvalue weighted by Gasteiger charge is -2.29. The first-order valence-electron chi connectivity index (χ1n) is 16.1. The van der Waals surface area contributed by atoms with Crippen LogP contribution in [0.1, 0.15) is 91.6 Å². The molecule has 9 heteroatoms. The number of likely N-dealkylation sites (tertiary alicyclic amines) is 1. The van der Waals surface area contributed by atoms with Gasteiger partial charge in [0.2, 0.25) is 5.91 Å². The fraction of sp³-hybridized carbons (Fsp3) is 0.486. The summed E-state index contributed by atoms with van der Waals surface area (Å²) in [7, 11) is 5.40. The summed E-state index contributed by atoms with van der Waals surface area (Å²) in [6.07, 6.45) is 10.7. The van der Waals surface area contributed by atoms with Crippen LogP contribution in [0, 0.1) is 5.41 Å². The van der Waals surface area contributed by atoms with Gasteiger partial charge in [-0.15, -0.1) is 0 Å². The molecule has 232 valence electrons. The summed E-state index contributed by atoms with van der Waals surface area (Å²) in [4.78, 5) is 30.1. The lowest BCUT2D eigenvalue weighted by molar-refractivity contribution is -0.136. The number of benzene rings is 2. The van der Waals surface area contributed by atoms with Crippen molar-refractivity contribution in [3.05, 3.63) is 65.0 Å². The number of ether oxygens (including phenoxy) is 1. The Labute approximate surface area is 264 Å². The van der Waals surface area contributed by atoms with Gasteiger partial charge in [0.05, 0.1) is 18.2 Å². The third-order valence-corrected chi connectivity index (χ3v) is 11.0. The molecule has 3 unspecified atom stereocenters. The van der Waals surface area contributed by atoms with Gasteiger partial charge in [-0.25, -0.2) is 4.72 Å². The van der Waals surface area contributed by atoms with Gasteiger partial charge in [-0.1, -0.05) is 25.3 Å². The topological polar surface area (TPSA) is 87.6 Å². The molecule has 0 radical (unpaired) electrons. The molecule has 8 nitrogen and oxygen atoms in total. The van der Waals surface area contributed by atoms with Gasteiger partial charge < -0.3 is 19.5 Å². The third kappa shape index (κ3) is 4.62. The molecule has 2 amide bonds. The largest absolute Gasteiger partial charge is 0.497 e. The molecule has 3 aromatic rings. The van der Waals surface area contributed by atoms with E-state index < -0.39 is 5.41 Å². The highest BCUT2D eigenvalue weighted by atomic mass is 32.2. The van der Waals surface area contributed by atoms with Gasteiger partial charge in [0.25, 0.3) is 5.91 Å². The smallest absolute Gasteiger partial charge is 0.262 e. The lowest BCUT2D eigenvalue weighted by atomic mass is 9.81. The zero-order chi connectivity index (χ0) is 30.6. The molecule has 44 heavy (non-hydrogen) atoms. The number of amides is 2. The van der Waals surface area contributed by atoms with Crippen LogP contribution in [0.15, 0.2) is 48.3 Å². The fourth-order valence-corrected chi connectivity index (χ4v) is 8.66. The average Bonchev–Trinajstić information content (AvgIpc) is 3.58. The Morgan fingerprint density at radius 3 is 2.64 bits per heavy atom. The Kier molecular flexibility index (Phi) is 7.65. The summed E-state index contributed by atoms with van der Waals surface area (Å²) in [5, 5.41) is 4.38. The number of rotatable bonds is 7. The van der Waals surface area contributed by atoms with E-state index >= 15 is 0 Å². The Balaban J connectivity index is 1.46. The highest BCUT2D eigenvalue weighted by Crippen LogP contribution is 2.66. The van der Waals surface area contributed by atoms with Crippen molar-refractivity contribution in [2.45, 2.75) is 82.7 Å². The van der Waals surface area contributed by atoms with E-state index in [0.29, 0.717) is 18.0 Å². The Morgan fingerprint density at radius 1 is 1.07 bits per heavy atom. The van der Waals surface area contributed by atoms with Gasteiger partial charge in [0.1, 0.15) is 5.75 Å². The van der Waals surface area contributed by atoms with E-state index in [2.05, 4.69) is 55.4 Å². The number of carbonyl (C=O) groups excluding carboxylic acids is 2. The molecule has 2 aliphatic carbocycles. The minimum atomic E-state index is -0.562. The normalized spacial score (nSPS) is 25.3. The minimum absolute atomic E-state index is 0.108. The number of methoxy groups -OCH3 is 1. The number of hydrogen-bond acceptors (Lipinski definition) is 6. The van der Waals surface area contributed by atoms with Gasteiger partial charge in [0, 0.05) is 71.6 Å². The van der Waals surface area contributed by atoms with Crippen LogP contribution in [0.25, 0.3) is 22.2 Å². The summed E-state index contributed by atoms with van der Waals surface area (Å²) in [6, 6.07) is 12.8. The number of fused-ring (bicyclic) bond motifs is 7. The van der Waals surface area contributed by atoms with Gasteiger partial charge in [0.15, 0.2) is 0 Å². The fourth-order valence-electron chi connectivity index (χ4n) is 8.35. The van der Waals surface area contributed by atoms with Gasteiger partial charge in [-0.05, 0) is 93.5 Å². The van der Waals surface area contributed by atoms with Crippen molar-refractivity contribution in [3.8, 4) is 17.0 Å². The van der Waals surface area contributed by atoms with Crippen LogP contribution < -0.4 is 19.5 Å². The number of nitrogens with one attached hydrogen (secondary N) is 3. The molecule has 2 aromatic carbocycles. The van der Waals surface area contributed by atoms with Gasteiger partial charge in [-0.3, -0.25) is 14.3 Å². The van der Waals surface area contributed by atoms with Crippen molar-refractivity contribution in [3.63, 3.8) is 0 Å². The predicted molar refractivity (Wildman–Crippen MR) is 176 cm³/mol. The molecule has 4 aliphatic rings. The van der Waals surface area contributed by atoms with Crippen molar-refractivity contribution >= 4 is 34.9 Å². The predicted octanol–water partition coefficient (Wildman–Crippen LogP) is 6.44. The van der Waals surface area contributed by atoms with E-state index in [9.17, 15) is 9.59 Å². The van der Waals surface area contributed by atoms with Crippen LogP contribution in [0.2, 0.25) is 0 Å². The molecule has 1 aromatic heterocycles. The van der Waals surface area contributed by atoms with E-state index in [1.807, 2.05) is 25.4 Å². The van der Waals surface area contributed by atoms with Gasteiger partial charge >= 0.3 is 0 Å². The van der Waals surface area contributed by atoms with Crippen LogP contribution in [-0.4, -0.2) is 48.5 Å². The zero-order valence-corrected chi connectivity index (χ0v) is 27.0. The standard InChI is InChI=1S/C35H43N5O3S/c1-21-10-12-24(19-36-2)40(21)34(42)35-18-29(35)28-17-25(43-4)13-15-26(28)32-31(22-8-6-5-7-9-22)27-14-11-23(33(41)38-44-37-3)16-30(27)39(32)20-35/h11,13-17,19,21-22,29,36-37H,5-10,12,18,20H2,1-4H3,(H,38,41)/b24-19+. The monoisotopic (exact) mass is 613 g/mol. The van der Waals surface area contributed by atoms with Crippen LogP contribution in [0.3, 0.4) is 0 Å². The molecule has 3 N–H and O–H groups in total. The average molecular weight is 614 g/mol. The highest BCUT2D eigenvalue weighted by molar-refractivity contribution is 7.96. The molecule has 2 saturated carbocycles. The summed E-state index contributed by atoms with van der Waals surface area (Å²) in [5.41, 5.74) is 7.21. The maximum absolute atomic E-state index is 14.9. The molecule has 0 spiro atoms. The summed E-state index contributed by atoms with van der Waals surface area (Å²) >= 11 is 1.17. The minimum Gasteiger partial charge on any atom is -0.497 e. The Bertz CT molecular complexity index is 1660. The van der Waals surface area contributed by atoms with Crippen LogP contribution in [0.5, 0.6) is 5.75 Å². The van der Waals surface area contributed by atoms with Crippen LogP contribution >= 0.6 is 12.1 Å². The molecule has 0 bridgehead atoms. The van der Waals surface area contributed by atoms with E-state index in [0.717, 1.165) is 49.1 Å². The second-order valence-electron chi connectivity index (χ2n) is 13.0. The first-order valence-corrected chi connectivity index (χ1v) is 16.9. The molecule has 3 atom stereocenters. The zero-order valence-electron chi connectivity index (χ0n) is 26.2. The SMILES string of the molecule is CN/C=C1\CCC(C)N1C(=O)C12CC1c1cc(OC)ccc1-c1c(C3CCCCC3)c3ccc(C(=O)NSNC)cc3n1C2. The van der Waals surface area contributed by atoms with Crippen molar-refractivity contribution in [2.24, 2.45) is 5.41 Å². The molecule has 1 saturated heterocycles. The van der Waals surface area contributed by atoms with E-state index in [4.69, 9.17) is 4.74 Å². The van der Waals surface area contributed by atoms with Crippen LogP contribution in [0.4, 0.5) is 0 Å². The number of aromatic nitrogens is 1. The first-order chi connectivity index (χ1) is 21.4. The van der Waals surface area contributed by atoms with E-state index in [1.165, 1.54) is 59.2 Å². The number of carbonyl (C=O) groups is 2.